The zero-order valence-electron chi connectivity index (χ0n) is 14.0. The Kier molecular flexibility index (Phi) is 4.40. The van der Waals surface area contributed by atoms with Crippen molar-refractivity contribution < 1.29 is 14.3 Å². The van der Waals surface area contributed by atoms with Gasteiger partial charge in [-0.25, -0.2) is 0 Å². The number of anilines is 1. The van der Waals surface area contributed by atoms with Gasteiger partial charge in [0.1, 0.15) is 0 Å². The van der Waals surface area contributed by atoms with Crippen LogP contribution in [0, 0.1) is 11.8 Å². The molecule has 7 nitrogen and oxygen atoms in total. The van der Waals surface area contributed by atoms with Crippen LogP contribution in [0.15, 0.2) is 24.3 Å². The molecule has 0 spiro atoms. The lowest BCUT2D eigenvalue weighted by molar-refractivity contribution is -0.126. The first-order valence-corrected chi connectivity index (χ1v) is 8.81. The molecule has 1 aromatic heterocycles. The van der Waals surface area contributed by atoms with E-state index in [2.05, 4.69) is 15.5 Å². The molecular weight excluding hydrogens is 320 g/mol. The number of fused-ring (bicyclic) bond motifs is 1. The molecule has 2 N–H and O–H groups in total. The van der Waals surface area contributed by atoms with Crippen molar-refractivity contribution in [3.05, 3.63) is 24.3 Å². The Hall–Kier alpha value is -2.41. The minimum Gasteiger partial charge on any atom is -0.381 e. The van der Waals surface area contributed by atoms with Crippen LogP contribution in [0.25, 0.3) is 10.9 Å². The van der Waals surface area contributed by atoms with Crippen molar-refractivity contribution in [3.8, 4) is 0 Å². The van der Waals surface area contributed by atoms with Crippen LogP contribution in [0.4, 0.5) is 5.82 Å². The average molecular weight is 342 g/mol. The summed E-state index contributed by atoms with van der Waals surface area (Å²) in [5.41, 5.74) is 0.887. The summed E-state index contributed by atoms with van der Waals surface area (Å²) < 4.78 is 5.34. The molecule has 25 heavy (non-hydrogen) atoms. The van der Waals surface area contributed by atoms with Crippen LogP contribution in [0.1, 0.15) is 19.3 Å². The third kappa shape index (κ3) is 3.24. The third-order valence-corrected chi connectivity index (χ3v) is 5.11. The normalized spacial score (nSPS) is 21.8. The average Bonchev–Trinajstić information content (AvgIpc) is 3.24. The zero-order chi connectivity index (χ0) is 17.2. The molecule has 2 amide bonds. The first-order valence-electron chi connectivity index (χ1n) is 8.81. The van der Waals surface area contributed by atoms with Crippen molar-refractivity contribution in [1.29, 1.82) is 0 Å². The number of amides is 2. The summed E-state index contributed by atoms with van der Waals surface area (Å²) >= 11 is 0. The van der Waals surface area contributed by atoms with Crippen LogP contribution in [-0.4, -0.2) is 48.3 Å². The second-order valence-corrected chi connectivity index (χ2v) is 6.80. The molecule has 0 unspecified atom stereocenters. The largest absolute Gasteiger partial charge is 0.381 e. The van der Waals surface area contributed by atoms with E-state index in [4.69, 9.17) is 4.74 Å². The molecule has 0 bridgehead atoms. The highest BCUT2D eigenvalue weighted by Gasteiger charge is 2.36. The van der Waals surface area contributed by atoms with E-state index >= 15 is 0 Å². The summed E-state index contributed by atoms with van der Waals surface area (Å²) in [6, 6.07) is 7.69. The SMILES string of the molecule is O=C(NCC1CCOCC1)[C@H]1CC(=O)N(c2n[nH]c3ccccc23)C1. The maximum Gasteiger partial charge on any atom is 0.229 e. The monoisotopic (exact) mass is 342 g/mol. The number of para-hydroxylation sites is 1. The van der Waals surface area contributed by atoms with E-state index in [-0.39, 0.29) is 24.2 Å². The second-order valence-electron chi connectivity index (χ2n) is 6.80. The summed E-state index contributed by atoms with van der Waals surface area (Å²) in [5.74, 6) is 0.676. The van der Waals surface area contributed by atoms with Crippen LogP contribution >= 0.6 is 0 Å². The molecule has 2 saturated heterocycles. The number of carbonyl (C=O) groups is 2. The number of H-pyrrole nitrogens is 1. The van der Waals surface area contributed by atoms with Gasteiger partial charge in [0, 0.05) is 38.1 Å². The molecule has 0 radical (unpaired) electrons. The number of benzene rings is 1. The summed E-state index contributed by atoms with van der Waals surface area (Å²) in [6.45, 7) is 2.58. The van der Waals surface area contributed by atoms with Gasteiger partial charge in [-0.2, -0.15) is 5.10 Å². The van der Waals surface area contributed by atoms with E-state index in [0.29, 0.717) is 24.8 Å². The van der Waals surface area contributed by atoms with Gasteiger partial charge in [0.15, 0.2) is 5.82 Å². The fourth-order valence-electron chi connectivity index (χ4n) is 3.58. The topological polar surface area (TPSA) is 87.3 Å². The molecule has 2 aliphatic heterocycles. The van der Waals surface area contributed by atoms with Crippen LogP contribution in [0.5, 0.6) is 0 Å². The van der Waals surface area contributed by atoms with Gasteiger partial charge in [0.2, 0.25) is 11.8 Å². The molecule has 1 aromatic carbocycles. The molecular formula is C18H22N4O3. The summed E-state index contributed by atoms with van der Waals surface area (Å²) in [4.78, 5) is 26.5. The van der Waals surface area contributed by atoms with Gasteiger partial charge < -0.3 is 10.1 Å². The number of aromatic amines is 1. The van der Waals surface area contributed by atoms with Crippen LogP contribution in [0.3, 0.4) is 0 Å². The van der Waals surface area contributed by atoms with E-state index in [9.17, 15) is 9.59 Å². The van der Waals surface area contributed by atoms with E-state index in [1.165, 1.54) is 0 Å². The van der Waals surface area contributed by atoms with Crippen LogP contribution < -0.4 is 10.2 Å². The maximum absolute atomic E-state index is 12.5. The van der Waals surface area contributed by atoms with Crippen molar-refractivity contribution in [2.24, 2.45) is 11.8 Å². The minimum absolute atomic E-state index is 0.0396. The lowest BCUT2D eigenvalue weighted by atomic mass is 10.00. The van der Waals surface area contributed by atoms with Gasteiger partial charge in [-0.3, -0.25) is 19.6 Å². The van der Waals surface area contributed by atoms with Gasteiger partial charge in [0.05, 0.1) is 11.4 Å². The smallest absolute Gasteiger partial charge is 0.229 e. The number of carbonyl (C=O) groups excluding carboxylic acids is 2. The number of nitrogens with zero attached hydrogens (tertiary/aromatic N) is 2. The molecule has 2 fully saturated rings. The van der Waals surface area contributed by atoms with E-state index < -0.39 is 0 Å². The van der Waals surface area contributed by atoms with Crippen LogP contribution in [-0.2, 0) is 14.3 Å². The summed E-state index contributed by atoms with van der Waals surface area (Å²) in [6.07, 6.45) is 2.20. The van der Waals surface area contributed by atoms with Gasteiger partial charge in [-0.1, -0.05) is 12.1 Å². The highest BCUT2D eigenvalue weighted by molar-refractivity contribution is 6.05. The number of hydrogen-bond acceptors (Lipinski definition) is 4. The lowest BCUT2D eigenvalue weighted by Gasteiger charge is -2.22. The van der Waals surface area contributed by atoms with Crippen molar-refractivity contribution in [2.75, 3.05) is 31.2 Å². The molecule has 3 heterocycles. The second kappa shape index (κ2) is 6.84. The predicted molar refractivity (Wildman–Crippen MR) is 93.1 cm³/mol. The van der Waals surface area contributed by atoms with Crippen molar-refractivity contribution in [1.82, 2.24) is 15.5 Å². The highest BCUT2D eigenvalue weighted by atomic mass is 16.5. The number of ether oxygens (including phenoxy) is 1. The van der Waals surface area contributed by atoms with Gasteiger partial charge in [-0.05, 0) is 30.9 Å². The molecule has 1 atom stereocenters. The van der Waals surface area contributed by atoms with Gasteiger partial charge in [0.25, 0.3) is 0 Å². The van der Waals surface area contributed by atoms with Crippen molar-refractivity contribution in [3.63, 3.8) is 0 Å². The lowest BCUT2D eigenvalue weighted by Crippen LogP contribution is -2.37. The predicted octanol–water partition coefficient (Wildman–Crippen LogP) is 1.46. The summed E-state index contributed by atoms with van der Waals surface area (Å²) in [5, 5.41) is 11.1. The number of rotatable bonds is 4. The number of nitrogens with one attached hydrogen (secondary N) is 2. The Balaban J connectivity index is 1.40. The number of hydrogen-bond donors (Lipinski definition) is 2. The Morgan fingerprint density at radius 3 is 2.96 bits per heavy atom. The Morgan fingerprint density at radius 1 is 1.32 bits per heavy atom. The Morgan fingerprint density at radius 2 is 2.12 bits per heavy atom. The maximum atomic E-state index is 12.5. The third-order valence-electron chi connectivity index (χ3n) is 5.11. The summed E-state index contributed by atoms with van der Waals surface area (Å²) in [7, 11) is 0. The Labute approximate surface area is 145 Å². The fraction of sp³-hybridized carbons (Fsp3) is 0.500. The quantitative estimate of drug-likeness (QED) is 0.881. The molecule has 2 aliphatic rings. The van der Waals surface area contributed by atoms with Crippen molar-refractivity contribution >= 4 is 28.5 Å². The van der Waals surface area contributed by atoms with E-state index in [1.807, 2.05) is 24.3 Å². The van der Waals surface area contributed by atoms with Crippen LogP contribution in [0.2, 0.25) is 0 Å². The molecule has 2 aromatic rings. The fourth-order valence-corrected chi connectivity index (χ4v) is 3.58. The zero-order valence-corrected chi connectivity index (χ0v) is 14.0. The molecule has 0 saturated carbocycles. The van der Waals surface area contributed by atoms with Crippen molar-refractivity contribution in [2.45, 2.75) is 19.3 Å². The number of aromatic nitrogens is 2. The standard InChI is InChI=1S/C18H22N4O3/c23-16-9-13(18(24)19-10-12-5-7-25-8-6-12)11-22(16)17-14-3-1-2-4-15(14)20-21-17/h1-4,12-13H,5-11H2,(H,19,24)(H,20,21)/t13-/m0/s1. The van der Waals surface area contributed by atoms with E-state index in [0.717, 1.165) is 37.0 Å². The molecule has 132 valence electrons. The Bertz CT molecular complexity index is 781. The highest BCUT2D eigenvalue weighted by Crippen LogP contribution is 2.29. The molecule has 4 rings (SSSR count). The van der Waals surface area contributed by atoms with Gasteiger partial charge in [-0.15, -0.1) is 0 Å². The van der Waals surface area contributed by atoms with E-state index in [1.54, 1.807) is 4.90 Å². The molecule has 7 heteroatoms. The minimum atomic E-state index is -0.317. The first-order chi connectivity index (χ1) is 12.2. The van der Waals surface area contributed by atoms with Gasteiger partial charge >= 0.3 is 0 Å². The first kappa shape index (κ1) is 16.1. The molecule has 0 aliphatic carbocycles.